The summed E-state index contributed by atoms with van der Waals surface area (Å²) in [4.78, 5) is 10.7. The molecule has 0 fully saturated rings. The maximum Gasteiger partial charge on any atom is 0.335 e. The highest BCUT2D eigenvalue weighted by Crippen LogP contribution is 2.25. The van der Waals surface area contributed by atoms with E-state index in [0.717, 1.165) is 12.5 Å². The molecule has 1 atom stereocenters. The van der Waals surface area contributed by atoms with Crippen molar-refractivity contribution in [2.75, 3.05) is 7.11 Å². The van der Waals surface area contributed by atoms with Gasteiger partial charge < -0.3 is 9.84 Å². The van der Waals surface area contributed by atoms with Gasteiger partial charge in [-0.2, -0.15) is 4.72 Å². The molecule has 1 aromatic carbocycles. The lowest BCUT2D eigenvalue weighted by Crippen LogP contribution is -2.33. The van der Waals surface area contributed by atoms with Crippen molar-refractivity contribution >= 4 is 16.0 Å². The zero-order valence-corrected chi connectivity index (χ0v) is 12.6. The summed E-state index contributed by atoms with van der Waals surface area (Å²) < 4.78 is 32.0. The van der Waals surface area contributed by atoms with Gasteiger partial charge in [-0.3, -0.25) is 0 Å². The van der Waals surface area contributed by atoms with Crippen LogP contribution in [0.2, 0.25) is 0 Å². The lowest BCUT2D eigenvalue weighted by molar-refractivity contribution is 0.0696. The number of carbonyl (C=O) groups is 1. The Morgan fingerprint density at radius 2 is 2.19 bits per heavy atom. The number of carboxylic acids is 1. The number of sulfonamides is 1. The maximum absolute atomic E-state index is 12.3. The van der Waals surface area contributed by atoms with Crippen LogP contribution < -0.4 is 9.46 Å². The Morgan fingerprint density at radius 1 is 1.52 bits per heavy atom. The zero-order valence-electron chi connectivity index (χ0n) is 11.8. The van der Waals surface area contributed by atoms with Gasteiger partial charge in [0, 0.05) is 0 Å². The number of aromatic carboxylic acids is 1. The molecule has 0 saturated carbocycles. The van der Waals surface area contributed by atoms with Crippen LogP contribution in [0.15, 0.2) is 23.1 Å². The molecule has 0 amide bonds. The summed E-state index contributed by atoms with van der Waals surface area (Å²) in [6, 6.07) is 2.92. The molecule has 21 heavy (non-hydrogen) atoms. The third-order valence-corrected chi connectivity index (χ3v) is 4.29. The van der Waals surface area contributed by atoms with Crippen molar-refractivity contribution in [1.82, 2.24) is 4.72 Å². The second kappa shape index (κ2) is 7.11. The van der Waals surface area contributed by atoms with Gasteiger partial charge in [-0.15, -0.1) is 6.42 Å². The molecule has 114 valence electrons. The first-order chi connectivity index (χ1) is 9.85. The lowest BCUT2D eigenvalue weighted by Gasteiger charge is -2.15. The summed E-state index contributed by atoms with van der Waals surface area (Å²) in [5.74, 6) is 1.16. The average molecular weight is 311 g/mol. The minimum atomic E-state index is -3.89. The number of benzene rings is 1. The third kappa shape index (κ3) is 4.21. The molecule has 1 rings (SSSR count). The highest BCUT2D eigenvalue weighted by Gasteiger charge is 2.23. The summed E-state index contributed by atoms with van der Waals surface area (Å²) >= 11 is 0. The third-order valence-electron chi connectivity index (χ3n) is 2.78. The number of ether oxygens (including phenoxy) is 1. The van der Waals surface area contributed by atoms with Crippen LogP contribution in [0.1, 0.15) is 30.1 Å². The van der Waals surface area contributed by atoms with Gasteiger partial charge in [0.05, 0.1) is 18.7 Å². The molecular formula is C14H17NO5S. The average Bonchev–Trinajstić information content (AvgIpc) is 2.45. The first-order valence-corrected chi connectivity index (χ1v) is 7.73. The van der Waals surface area contributed by atoms with Crippen molar-refractivity contribution in [2.45, 2.75) is 30.7 Å². The molecule has 7 heteroatoms. The number of rotatable bonds is 7. The van der Waals surface area contributed by atoms with Crippen molar-refractivity contribution in [1.29, 1.82) is 0 Å². The standard InChI is InChI=1S/C14H17NO5S/c1-4-6-11(5-2)15-21(18,19)13-8-7-10(14(16)17)9-12(13)20-3/h2,7-9,11,15H,4,6H2,1,3H3,(H,16,17). The SMILES string of the molecule is C#CC(CCC)NS(=O)(=O)c1ccc(C(=O)O)cc1OC. The molecule has 0 radical (unpaired) electrons. The Bertz CT molecular complexity index is 660. The Morgan fingerprint density at radius 3 is 2.67 bits per heavy atom. The van der Waals surface area contributed by atoms with E-state index in [1.165, 1.54) is 19.2 Å². The first kappa shape index (κ1) is 17.0. The van der Waals surface area contributed by atoms with E-state index in [1.54, 1.807) is 0 Å². The van der Waals surface area contributed by atoms with E-state index in [0.29, 0.717) is 6.42 Å². The number of hydrogen-bond acceptors (Lipinski definition) is 4. The topological polar surface area (TPSA) is 92.7 Å². The zero-order chi connectivity index (χ0) is 16.0. The molecule has 0 aliphatic heterocycles. The molecule has 0 saturated heterocycles. The second-order valence-corrected chi connectivity index (χ2v) is 5.98. The van der Waals surface area contributed by atoms with Crippen LogP contribution in [0, 0.1) is 12.3 Å². The second-order valence-electron chi connectivity index (χ2n) is 4.30. The predicted molar refractivity (Wildman–Crippen MR) is 77.8 cm³/mol. The van der Waals surface area contributed by atoms with Crippen molar-refractivity contribution in [3.63, 3.8) is 0 Å². The van der Waals surface area contributed by atoms with Gasteiger partial charge in [-0.05, 0) is 24.6 Å². The number of carboxylic acid groups (broad SMARTS) is 1. The fraction of sp³-hybridized carbons (Fsp3) is 0.357. The molecule has 0 aliphatic carbocycles. The fourth-order valence-corrected chi connectivity index (χ4v) is 3.08. The summed E-state index contributed by atoms with van der Waals surface area (Å²) in [5.41, 5.74) is -0.0622. The minimum Gasteiger partial charge on any atom is -0.495 e. The first-order valence-electron chi connectivity index (χ1n) is 6.25. The summed E-state index contributed by atoms with van der Waals surface area (Å²) in [6.45, 7) is 1.89. The highest BCUT2D eigenvalue weighted by molar-refractivity contribution is 7.89. The van der Waals surface area contributed by atoms with Crippen LogP contribution >= 0.6 is 0 Å². The Labute approximate surface area is 124 Å². The van der Waals surface area contributed by atoms with Gasteiger partial charge in [0.25, 0.3) is 0 Å². The minimum absolute atomic E-state index is 0.0466. The van der Waals surface area contributed by atoms with Crippen LogP contribution in [0.5, 0.6) is 5.75 Å². The summed E-state index contributed by atoms with van der Waals surface area (Å²) in [6.07, 6.45) is 6.53. The molecule has 6 nitrogen and oxygen atoms in total. The molecule has 0 spiro atoms. The highest BCUT2D eigenvalue weighted by atomic mass is 32.2. The summed E-state index contributed by atoms with van der Waals surface area (Å²) in [7, 11) is -2.62. The van der Waals surface area contributed by atoms with Crippen LogP contribution in [0.25, 0.3) is 0 Å². The molecule has 0 heterocycles. The van der Waals surface area contributed by atoms with Gasteiger partial charge in [0.15, 0.2) is 0 Å². The monoisotopic (exact) mass is 311 g/mol. The summed E-state index contributed by atoms with van der Waals surface area (Å²) in [5, 5.41) is 8.90. The molecule has 0 aromatic heterocycles. The van der Waals surface area contributed by atoms with Crippen LogP contribution in [-0.4, -0.2) is 32.6 Å². The van der Waals surface area contributed by atoms with E-state index in [-0.39, 0.29) is 16.2 Å². The van der Waals surface area contributed by atoms with E-state index in [9.17, 15) is 13.2 Å². The van der Waals surface area contributed by atoms with E-state index in [1.807, 2.05) is 6.92 Å². The quantitative estimate of drug-likeness (QED) is 0.744. The lowest BCUT2D eigenvalue weighted by atomic mass is 10.2. The molecular weight excluding hydrogens is 294 g/mol. The van der Waals surface area contributed by atoms with Crippen molar-refractivity contribution in [3.05, 3.63) is 23.8 Å². The van der Waals surface area contributed by atoms with E-state index in [2.05, 4.69) is 10.6 Å². The van der Waals surface area contributed by atoms with E-state index >= 15 is 0 Å². The van der Waals surface area contributed by atoms with Gasteiger partial charge in [-0.1, -0.05) is 19.3 Å². The number of methoxy groups -OCH3 is 1. The molecule has 0 aliphatic rings. The molecule has 1 unspecified atom stereocenters. The van der Waals surface area contributed by atoms with Crippen molar-refractivity contribution in [3.8, 4) is 18.1 Å². The Balaban J connectivity index is 3.19. The normalized spacial score (nSPS) is 12.4. The van der Waals surface area contributed by atoms with Crippen LogP contribution in [0.4, 0.5) is 0 Å². The van der Waals surface area contributed by atoms with Crippen molar-refractivity contribution in [2.24, 2.45) is 0 Å². The number of hydrogen-bond donors (Lipinski definition) is 2. The number of terminal acetylenes is 1. The molecule has 0 bridgehead atoms. The van der Waals surface area contributed by atoms with E-state index < -0.39 is 22.0 Å². The van der Waals surface area contributed by atoms with Crippen LogP contribution in [-0.2, 0) is 10.0 Å². The van der Waals surface area contributed by atoms with E-state index in [4.69, 9.17) is 16.3 Å². The van der Waals surface area contributed by atoms with Gasteiger partial charge >= 0.3 is 5.97 Å². The largest absolute Gasteiger partial charge is 0.495 e. The smallest absolute Gasteiger partial charge is 0.335 e. The maximum atomic E-state index is 12.3. The van der Waals surface area contributed by atoms with Gasteiger partial charge in [-0.25, -0.2) is 13.2 Å². The Kier molecular flexibility index (Phi) is 5.76. The van der Waals surface area contributed by atoms with Crippen LogP contribution in [0.3, 0.4) is 0 Å². The molecule has 1 aromatic rings. The fourth-order valence-electron chi connectivity index (χ4n) is 1.74. The molecule has 2 N–H and O–H groups in total. The Hall–Kier alpha value is -2.04. The number of nitrogens with one attached hydrogen (secondary N) is 1. The predicted octanol–water partition coefficient (Wildman–Crippen LogP) is 1.47. The van der Waals surface area contributed by atoms with Gasteiger partial charge in [0.1, 0.15) is 10.6 Å². The van der Waals surface area contributed by atoms with Gasteiger partial charge in [0.2, 0.25) is 10.0 Å². The van der Waals surface area contributed by atoms with Crippen molar-refractivity contribution < 1.29 is 23.1 Å².